The number of nitrogens with one attached hydrogen (secondary N) is 2. The van der Waals surface area contributed by atoms with Crippen molar-refractivity contribution in [1.82, 2.24) is 14.9 Å². The van der Waals surface area contributed by atoms with Crippen molar-refractivity contribution in [2.24, 2.45) is 0 Å². The van der Waals surface area contributed by atoms with Gasteiger partial charge in [-0.05, 0) is 31.5 Å². The topological polar surface area (TPSA) is 78.5 Å². The maximum absolute atomic E-state index is 12.0. The third-order valence-electron chi connectivity index (χ3n) is 3.84. The Morgan fingerprint density at radius 1 is 1.35 bits per heavy atom. The van der Waals surface area contributed by atoms with Crippen LogP contribution in [0.2, 0.25) is 0 Å². The monoisotopic (exact) mass is 337 g/mol. The van der Waals surface area contributed by atoms with Gasteiger partial charge in [-0.2, -0.15) is 0 Å². The van der Waals surface area contributed by atoms with E-state index in [0.29, 0.717) is 13.1 Å². The predicted molar refractivity (Wildman–Crippen MR) is 91.6 cm³/mol. The Balaban J connectivity index is 1.87. The second kappa shape index (κ2) is 7.61. The third-order valence-corrected chi connectivity index (χ3v) is 5.21. The summed E-state index contributed by atoms with van der Waals surface area (Å²) in [4.78, 5) is 13.7. The molecule has 0 bridgehead atoms. The first kappa shape index (κ1) is 17.5. The van der Waals surface area contributed by atoms with E-state index < -0.39 is 10.0 Å². The molecular weight excluding hydrogens is 314 g/mol. The minimum Gasteiger partial charge on any atom is -0.337 e. The number of hydrogen-bond acceptors (Lipinski definition) is 3. The number of urea groups is 1. The van der Waals surface area contributed by atoms with Gasteiger partial charge in [-0.15, -0.1) is 0 Å². The van der Waals surface area contributed by atoms with Crippen LogP contribution in [0.1, 0.15) is 17.5 Å². The van der Waals surface area contributed by atoms with Gasteiger partial charge >= 0.3 is 6.03 Å². The number of carbonyl (C=O) groups is 1. The van der Waals surface area contributed by atoms with E-state index in [4.69, 9.17) is 0 Å². The van der Waals surface area contributed by atoms with Gasteiger partial charge in [0, 0.05) is 19.6 Å². The number of rotatable bonds is 5. The lowest BCUT2D eigenvalue weighted by atomic mass is 9.98. The minimum atomic E-state index is -3.29. The third kappa shape index (κ3) is 5.07. The average Bonchev–Trinajstić information content (AvgIpc) is 2.55. The van der Waals surface area contributed by atoms with E-state index in [1.165, 1.54) is 23.7 Å². The molecule has 6 nitrogen and oxygen atoms in total. The second-order valence-corrected chi connectivity index (χ2v) is 7.60. The van der Waals surface area contributed by atoms with Crippen molar-refractivity contribution in [3.63, 3.8) is 0 Å². The molecule has 2 amide bonds. The van der Waals surface area contributed by atoms with Crippen molar-refractivity contribution in [2.45, 2.75) is 13.3 Å². The van der Waals surface area contributed by atoms with Gasteiger partial charge in [-0.3, -0.25) is 0 Å². The number of amides is 2. The summed E-state index contributed by atoms with van der Waals surface area (Å²) in [6.07, 6.45) is 2.86. The summed E-state index contributed by atoms with van der Waals surface area (Å²) in [5.74, 6) is -0.118. The molecule has 1 heterocycles. The van der Waals surface area contributed by atoms with Crippen molar-refractivity contribution in [2.75, 3.05) is 32.4 Å². The lowest BCUT2D eigenvalue weighted by Crippen LogP contribution is -2.44. The van der Waals surface area contributed by atoms with Crippen LogP contribution in [0.25, 0.3) is 5.57 Å². The molecule has 0 spiro atoms. The Labute approximate surface area is 137 Å². The Morgan fingerprint density at radius 3 is 2.74 bits per heavy atom. The van der Waals surface area contributed by atoms with Crippen molar-refractivity contribution in [3.05, 3.63) is 41.5 Å². The molecule has 0 unspecified atom stereocenters. The molecule has 0 aromatic heterocycles. The number of sulfonamides is 1. The minimum absolute atomic E-state index is 0.104. The van der Waals surface area contributed by atoms with Crippen LogP contribution >= 0.6 is 0 Å². The van der Waals surface area contributed by atoms with Gasteiger partial charge in [-0.25, -0.2) is 17.9 Å². The fourth-order valence-electron chi connectivity index (χ4n) is 2.47. The Morgan fingerprint density at radius 2 is 2.13 bits per heavy atom. The highest BCUT2D eigenvalue weighted by molar-refractivity contribution is 7.89. The largest absolute Gasteiger partial charge is 0.337 e. The van der Waals surface area contributed by atoms with Crippen LogP contribution in [-0.4, -0.2) is 51.8 Å². The van der Waals surface area contributed by atoms with Crippen molar-refractivity contribution >= 4 is 21.6 Å². The van der Waals surface area contributed by atoms with E-state index in [-0.39, 0.29) is 18.3 Å². The fourth-order valence-corrected chi connectivity index (χ4v) is 3.04. The molecule has 1 aliphatic heterocycles. The smallest absolute Gasteiger partial charge is 0.317 e. The number of hydrogen-bond donors (Lipinski definition) is 2. The number of benzene rings is 1. The summed E-state index contributed by atoms with van der Waals surface area (Å²) in [6, 6.07) is 8.09. The Hall–Kier alpha value is -1.86. The molecule has 0 atom stereocenters. The van der Waals surface area contributed by atoms with Crippen LogP contribution in [0.15, 0.2) is 30.3 Å². The van der Waals surface area contributed by atoms with E-state index in [9.17, 15) is 13.2 Å². The van der Waals surface area contributed by atoms with Gasteiger partial charge in [0.25, 0.3) is 0 Å². The normalized spacial score (nSPS) is 15.2. The highest BCUT2D eigenvalue weighted by Gasteiger charge is 2.18. The van der Waals surface area contributed by atoms with Crippen LogP contribution < -0.4 is 10.0 Å². The maximum atomic E-state index is 12.0. The summed E-state index contributed by atoms with van der Waals surface area (Å²) in [6.45, 7) is 3.33. The van der Waals surface area contributed by atoms with E-state index in [1.807, 2.05) is 6.07 Å². The molecule has 2 rings (SSSR count). The zero-order valence-corrected chi connectivity index (χ0v) is 14.3. The molecule has 1 aromatic rings. The van der Waals surface area contributed by atoms with Crippen molar-refractivity contribution in [3.8, 4) is 0 Å². The zero-order chi connectivity index (χ0) is 16.9. The quantitative estimate of drug-likeness (QED) is 0.851. The highest BCUT2D eigenvalue weighted by atomic mass is 32.2. The first-order valence-electron chi connectivity index (χ1n) is 7.61. The molecule has 2 N–H and O–H groups in total. The SMILES string of the molecule is CNS(=O)(=O)CCNC(=O)N1CC=C(c2cccc(C)c2)CC1. The van der Waals surface area contributed by atoms with Crippen LogP contribution in [0.5, 0.6) is 0 Å². The van der Waals surface area contributed by atoms with E-state index in [0.717, 1.165) is 6.42 Å². The Kier molecular flexibility index (Phi) is 5.79. The summed E-state index contributed by atoms with van der Waals surface area (Å²) in [5, 5.41) is 2.65. The first-order chi connectivity index (χ1) is 10.9. The first-order valence-corrected chi connectivity index (χ1v) is 9.26. The van der Waals surface area contributed by atoms with Crippen molar-refractivity contribution in [1.29, 1.82) is 0 Å². The van der Waals surface area contributed by atoms with Crippen LogP contribution in [0.3, 0.4) is 0 Å². The highest BCUT2D eigenvalue weighted by Crippen LogP contribution is 2.22. The zero-order valence-electron chi connectivity index (χ0n) is 13.5. The number of aryl methyl sites for hydroxylation is 1. The van der Waals surface area contributed by atoms with Crippen LogP contribution in [-0.2, 0) is 10.0 Å². The van der Waals surface area contributed by atoms with E-state index >= 15 is 0 Å². The van der Waals surface area contributed by atoms with Crippen LogP contribution in [0, 0.1) is 6.92 Å². The molecule has 126 valence electrons. The molecule has 0 aliphatic carbocycles. The van der Waals surface area contributed by atoms with Gasteiger partial charge in [-0.1, -0.05) is 35.9 Å². The average molecular weight is 337 g/mol. The maximum Gasteiger partial charge on any atom is 0.317 e. The van der Waals surface area contributed by atoms with E-state index in [1.54, 1.807) is 4.90 Å². The van der Waals surface area contributed by atoms with Gasteiger partial charge in [0.2, 0.25) is 10.0 Å². The second-order valence-electron chi connectivity index (χ2n) is 5.55. The molecule has 0 saturated heterocycles. The lowest BCUT2D eigenvalue weighted by Gasteiger charge is -2.27. The fraction of sp³-hybridized carbons (Fsp3) is 0.438. The van der Waals surface area contributed by atoms with Gasteiger partial charge in [0.1, 0.15) is 0 Å². The number of nitrogens with zero attached hydrogens (tertiary/aromatic N) is 1. The summed E-state index contributed by atoms with van der Waals surface area (Å²) in [7, 11) is -1.93. The molecule has 7 heteroatoms. The molecule has 1 aromatic carbocycles. The van der Waals surface area contributed by atoms with Gasteiger partial charge in [0.05, 0.1) is 5.75 Å². The molecular formula is C16H23N3O3S. The molecule has 0 saturated carbocycles. The summed E-state index contributed by atoms with van der Waals surface area (Å²) < 4.78 is 24.8. The molecule has 0 radical (unpaired) electrons. The molecule has 0 fully saturated rings. The van der Waals surface area contributed by atoms with E-state index in [2.05, 4.69) is 41.2 Å². The Bertz CT molecular complexity index is 698. The standard InChI is InChI=1S/C16H23N3O3S/c1-13-4-3-5-15(12-13)14-6-9-19(10-7-14)16(20)18-8-11-23(21,22)17-2/h3-6,12,17H,7-11H2,1-2H3,(H,18,20). The molecule has 23 heavy (non-hydrogen) atoms. The molecule has 1 aliphatic rings. The van der Waals surface area contributed by atoms with Crippen molar-refractivity contribution < 1.29 is 13.2 Å². The van der Waals surface area contributed by atoms with Crippen LogP contribution in [0.4, 0.5) is 4.79 Å². The summed E-state index contributed by atoms with van der Waals surface area (Å²) in [5.41, 5.74) is 3.66. The number of carbonyl (C=O) groups excluding carboxylic acids is 1. The summed E-state index contributed by atoms with van der Waals surface area (Å²) >= 11 is 0. The lowest BCUT2D eigenvalue weighted by molar-refractivity contribution is 0.204. The van der Waals surface area contributed by atoms with Gasteiger partial charge < -0.3 is 10.2 Å². The van der Waals surface area contributed by atoms with Gasteiger partial charge in [0.15, 0.2) is 0 Å². The predicted octanol–water partition coefficient (Wildman–Crippen LogP) is 1.34.